The Morgan fingerprint density at radius 1 is 1.36 bits per heavy atom. The fourth-order valence-corrected chi connectivity index (χ4v) is 1.75. The number of nitrogen functional groups attached to an aromatic ring is 1. The Bertz CT molecular complexity index is 301. The van der Waals surface area contributed by atoms with E-state index in [0.717, 1.165) is 37.6 Å². The van der Waals surface area contributed by atoms with Gasteiger partial charge in [-0.3, -0.25) is 0 Å². The lowest BCUT2D eigenvalue weighted by atomic mass is 9.99. The standard InChI is InChI=1S/C10H15N3O/c1-7-6-9(11)13-10(12-7)8-2-4-14-5-3-8/h6,8H,2-5H2,1H3,(H2,11,12,13). The monoisotopic (exact) mass is 193 g/mol. The van der Waals surface area contributed by atoms with Crippen LogP contribution in [0.4, 0.5) is 5.82 Å². The fourth-order valence-electron chi connectivity index (χ4n) is 1.75. The topological polar surface area (TPSA) is 61.0 Å². The third-order valence-electron chi connectivity index (χ3n) is 2.48. The lowest BCUT2D eigenvalue weighted by Gasteiger charge is -2.20. The predicted molar refractivity (Wildman–Crippen MR) is 54.0 cm³/mol. The minimum absolute atomic E-state index is 0.422. The highest BCUT2D eigenvalue weighted by Crippen LogP contribution is 2.24. The van der Waals surface area contributed by atoms with E-state index in [2.05, 4.69) is 9.97 Å². The van der Waals surface area contributed by atoms with Crippen molar-refractivity contribution in [3.05, 3.63) is 17.6 Å². The predicted octanol–water partition coefficient (Wildman–Crippen LogP) is 1.26. The summed E-state index contributed by atoms with van der Waals surface area (Å²) in [4.78, 5) is 8.68. The van der Waals surface area contributed by atoms with Gasteiger partial charge in [-0.05, 0) is 19.8 Å². The van der Waals surface area contributed by atoms with Gasteiger partial charge >= 0.3 is 0 Å². The van der Waals surface area contributed by atoms with Gasteiger partial charge in [0.05, 0.1) is 0 Å². The van der Waals surface area contributed by atoms with Gasteiger partial charge in [0.15, 0.2) is 0 Å². The maximum Gasteiger partial charge on any atom is 0.134 e. The lowest BCUT2D eigenvalue weighted by Crippen LogP contribution is -2.17. The quantitative estimate of drug-likeness (QED) is 0.729. The third kappa shape index (κ3) is 2.01. The minimum atomic E-state index is 0.422. The maximum absolute atomic E-state index is 5.68. The van der Waals surface area contributed by atoms with Crippen molar-refractivity contribution in [2.45, 2.75) is 25.7 Å². The minimum Gasteiger partial charge on any atom is -0.384 e. The molecule has 0 aliphatic carbocycles. The van der Waals surface area contributed by atoms with Gasteiger partial charge < -0.3 is 10.5 Å². The number of hydrogen-bond acceptors (Lipinski definition) is 4. The van der Waals surface area contributed by atoms with Crippen LogP contribution >= 0.6 is 0 Å². The molecule has 0 aromatic carbocycles. The Labute approximate surface area is 83.5 Å². The van der Waals surface area contributed by atoms with Crippen LogP contribution in [-0.2, 0) is 4.74 Å². The molecule has 0 bridgehead atoms. The highest BCUT2D eigenvalue weighted by molar-refractivity contribution is 5.29. The smallest absolute Gasteiger partial charge is 0.134 e. The summed E-state index contributed by atoms with van der Waals surface area (Å²) in [5.41, 5.74) is 6.63. The molecule has 2 rings (SSSR count). The Balaban J connectivity index is 2.21. The van der Waals surface area contributed by atoms with E-state index in [9.17, 15) is 0 Å². The number of rotatable bonds is 1. The summed E-state index contributed by atoms with van der Waals surface area (Å²) in [7, 11) is 0. The summed E-state index contributed by atoms with van der Waals surface area (Å²) >= 11 is 0. The van der Waals surface area contributed by atoms with Gasteiger partial charge in [-0.2, -0.15) is 0 Å². The molecule has 1 aliphatic rings. The molecule has 0 saturated carbocycles. The zero-order chi connectivity index (χ0) is 9.97. The van der Waals surface area contributed by atoms with Crippen LogP contribution in [-0.4, -0.2) is 23.2 Å². The second-order valence-electron chi connectivity index (χ2n) is 3.68. The largest absolute Gasteiger partial charge is 0.384 e. The average molecular weight is 193 g/mol. The van der Waals surface area contributed by atoms with Crippen molar-refractivity contribution >= 4 is 5.82 Å². The van der Waals surface area contributed by atoms with Gasteiger partial charge in [0.1, 0.15) is 11.6 Å². The zero-order valence-corrected chi connectivity index (χ0v) is 8.36. The van der Waals surface area contributed by atoms with Gasteiger partial charge in [0, 0.05) is 30.9 Å². The fraction of sp³-hybridized carbons (Fsp3) is 0.600. The van der Waals surface area contributed by atoms with E-state index in [1.807, 2.05) is 6.92 Å². The van der Waals surface area contributed by atoms with Gasteiger partial charge in [0.25, 0.3) is 0 Å². The second kappa shape index (κ2) is 3.92. The van der Waals surface area contributed by atoms with Gasteiger partial charge in [-0.25, -0.2) is 9.97 Å². The maximum atomic E-state index is 5.68. The SMILES string of the molecule is Cc1cc(N)nc(C2CCOCC2)n1. The van der Waals surface area contributed by atoms with Crippen LogP contribution in [0.15, 0.2) is 6.07 Å². The van der Waals surface area contributed by atoms with Crippen molar-refractivity contribution in [1.82, 2.24) is 9.97 Å². The number of aromatic nitrogens is 2. The molecule has 0 unspecified atom stereocenters. The number of ether oxygens (including phenoxy) is 1. The van der Waals surface area contributed by atoms with Crippen molar-refractivity contribution in [2.75, 3.05) is 18.9 Å². The Hall–Kier alpha value is -1.16. The van der Waals surface area contributed by atoms with Crippen molar-refractivity contribution in [2.24, 2.45) is 0 Å². The average Bonchev–Trinajstić information content (AvgIpc) is 2.18. The first-order chi connectivity index (χ1) is 6.75. The van der Waals surface area contributed by atoms with Crippen molar-refractivity contribution in [1.29, 1.82) is 0 Å². The summed E-state index contributed by atoms with van der Waals surface area (Å²) in [5.74, 6) is 1.87. The molecule has 0 spiro atoms. The molecule has 0 radical (unpaired) electrons. The molecule has 4 nitrogen and oxygen atoms in total. The van der Waals surface area contributed by atoms with Crippen LogP contribution in [0.5, 0.6) is 0 Å². The molecule has 1 saturated heterocycles. The normalized spacial score (nSPS) is 18.4. The summed E-state index contributed by atoms with van der Waals surface area (Å²) in [6.07, 6.45) is 2.01. The molecule has 0 amide bonds. The van der Waals surface area contributed by atoms with Crippen molar-refractivity contribution < 1.29 is 4.74 Å². The van der Waals surface area contributed by atoms with Crippen LogP contribution < -0.4 is 5.73 Å². The number of nitrogens with two attached hydrogens (primary N) is 1. The van der Waals surface area contributed by atoms with Gasteiger partial charge in [0.2, 0.25) is 0 Å². The van der Waals surface area contributed by atoms with E-state index in [0.29, 0.717) is 11.7 Å². The molecule has 1 aromatic heterocycles. The molecule has 1 fully saturated rings. The molecule has 14 heavy (non-hydrogen) atoms. The van der Waals surface area contributed by atoms with Crippen LogP contribution in [0.1, 0.15) is 30.3 Å². The van der Waals surface area contributed by atoms with E-state index >= 15 is 0 Å². The van der Waals surface area contributed by atoms with Crippen LogP contribution in [0.2, 0.25) is 0 Å². The summed E-state index contributed by atoms with van der Waals surface area (Å²) < 4.78 is 5.29. The van der Waals surface area contributed by atoms with Gasteiger partial charge in [-0.1, -0.05) is 0 Å². The van der Waals surface area contributed by atoms with E-state index in [4.69, 9.17) is 10.5 Å². The van der Waals surface area contributed by atoms with Crippen molar-refractivity contribution in [3.8, 4) is 0 Å². The number of hydrogen-bond donors (Lipinski definition) is 1. The molecule has 0 atom stereocenters. The second-order valence-corrected chi connectivity index (χ2v) is 3.68. The number of anilines is 1. The summed E-state index contributed by atoms with van der Waals surface area (Å²) in [6.45, 7) is 3.56. The Morgan fingerprint density at radius 2 is 2.07 bits per heavy atom. The molecule has 2 N–H and O–H groups in total. The Morgan fingerprint density at radius 3 is 2.71 bits per heavy atom. The summed E-state index contributed by atoms with van der Waals surface area (Å²) in [6, 6.07) is 1.79. The molecule has 2 heterocycles. The molecule has 76 valence electrons. The molecule has 1 aromatic rings. The first kappa shape index (κ1) is 9.40. The van der Waals surface area contributed by atoms with E-state index in [1.165, 1.54) is 0 Å². The zero-order valence-electron chi connectivity index (χ0n) is 8.36. The molecule has 1 aliphatic heterocycles. The highest BCUT2D eigenvalue weighted by Gasteiger charge is 2.18. The van der Waals surface area contributed by atoms with Crippen LogP contribution in [0.3, 0.4) is 0 Å². The third-order valence-corrected chi connectivity index (χ3v) is 2.48. The van der Waals surface area contributed by atoms with E-state index in [-0.39, 0.29) is 0 Å². The first-order valence-corrected chi connectivity index (χ1v) is 4.94. The van der Waals surface area contributed by atoms with E-state index in [1.54, 1.807) is 6.07 Å². The summed E-state index contributed by atoms with van der Waals surface area (Å²) in [5, 5.41) is 0. The molecular weight excluding hydrogens is 178 g/mol. The first-order valence-electron chi connectivity index (χ1n) is 4.94. The highest BCUT2D eigenvalue weighted by atomic mass is 16.5. The molecular formula is C10H15N3O. The van der Waals surface area contributed by atoms with Crippen LogP contribution in [0, 0.1) is 6.92 Å². The van der Waals surface area contributed by atoms with E-state index < -0.39 is 0 Å². The van der Waals surface area contributed by atoms with Crippen LogP contribution in [0.25, 0.3) is 0 Å². The number of aryl methyl sites for hydroxylation is 1. The molecule has 4 heteroatoms. The lowest BCUT2D eigenvalue weighted by molar-refractivity contribution is 0.0836. The number of nitrogens with zero attached hydrogens (tertiary/aromatic N) is 2. The Kier molecular flexibility index (Phi) is 2.63. The van der Waals surface area contributed by atoms with Crippen molar-refractivity contribution in [3.63, 3.8) is 0 Å². The van der Waals surface area contributed by atoms with Gasteiger partial charge in [-0.15, -0.1) is 0 Å².